The van der Waals surface area contributed by atoms with Crippen molar-refractivity contribution in [3.8, 4) is 5.82 Å². The summed E-state index contributed by atoms with van der Waals surface area (Å²) in [4.78, 5) is 16.0. The van der Waals surface area contributed by atoms with Gasteiger partial charge in [-0.25, -0.2) is 9.67 Å². The molecule has 0 unspecified atom stereocenters. The predicted octanol–water partition coefficient (Wildman–Crippen LogP) is 2.14. The van der Waals surface area contributed by atoms with E-state index < -0.39 is 5.91 Å². The van der Waals surface area contributed by atoms with Gasteiger partial charge in [0.1, 0.15) is 0 Å². The minimum absolute atomic E-state index is 0.453. The standard InChI is InChI=1S/C15H14N4O/c1-9-7-12(14(16)20)10(2)15(18-9)19-13-6-4-3-5-11(13)8-17-19/h3-8H,1-2H3,(H2,16,20). The number of aromatic nitrogens is 3. The van der Waals surface area contributed by atoms with Gasteiger partial charge in [0.05, 0.1) is 11.7 Å². The summed E-state index contributed by atoms with van der Waals surface area (Å²) < 4.78 is 1.74. The van der Waals surface area contributed by atoms with E-state index in [9.17, 15) is 4.79 Å². The number of amides is 1. The van der Waals surface area contributed by atoms with E-state index in [1.807, 2.05) is 38.1 Å². The molecule has 0 saturated carbocycles. The van der Waals surface area contributed by atoms with E-state index in [1.54, 1.807) is 16.9 Å². The molecule has 0 aliphatic rings. The second-order valence-corrected chi connectivity index (χ2v) is 4.74. The maximum atomic E-state index is 11.5. The normalized spacial score (nSPS) is 10.9. The van der Waals surface area contributed by atoms with Crippen molar-refractivity contribution in [2.75, 3.05) is 0 Å². The summed E-state index contributed by atoms with van der Waals surface area (Å²) in [6.45, 7) is 3.67. The Morgan fingerprint density at radius 1 is 1.25 bits per heavy atom. The van der Waals surface area contributed by atoms with Crippen LogP contribution in [0.25, 0.3) is 16.7 Å². The Morgan fingerprint density at radius 2 is 2.00 bits per heavy atom. The van der Waals surface area contributed by atoms with Gasteiger partial charge in [-0.2, -0.15) is 5.10 Å². The highest BCUT2D eigenvalue weighted by Crippen LogP contribution is 2.21. The number of para-hydroxylation sites is 1. The molecule has 0 saturated heterocycles. The molecule has 3 aromatic rings. The highest BCUT2D eigenvalue weighted by molar-refractivity contribution is 5.95. The van der Waals surface area contributed by atoms with Gasteiger partial charge in [-0.05, 0) is 26.0 Å². The number of hydrogen-bond acceptors (Lipinski definition) is 3. The minimum Gasteiger partial charge on any atom is -0.366 e. The molecule has 2 heterocycles. The van der Waals surface area contributed by atoms with E-state index in [0.717, 1.165) is 22.2 Å². The molecule has 0 spiro atoms. The summed E-state index contributed by atoms with van der Waals surface area (Å²) in [5, 5.41) is 5.39. The van der Waals surface area contributed by atoms with Crippen molar-refractivity contribution in [1.82, 2.24) is 14.8 Å². The average Bonchev–Trinajstić information content (AvgIpc) is 2.84. The fourth-order valence-electron chi connectivity index (χ4n) is 2.32. The van der Waals surface area contributed by atoms with Gasteiger partial charge >= 0.3 is 0 Å². The lowest BCUT2D eigenvalue weighted by atomic mass is 10.1. The Balaban J connectivity index is 2.32. The largest absolute Gasteiger partial charge is 0.366 e. The van der Waals surface area contributed by atoms with Crippen LogP contribution in [-0.4, -0.2) is 20.7 Å². The first-order valence-corrected chi connectivity index (χ1v) is 6.29. The van der Waals surface area contributed by atoms with Crippen molar-refractivity contribution >= 4 is 16.8 Å². The van der Waals surface area contributed by atoms with Crippen LogP contribution < -0.4 is 5.73 Å². The number of carbonyl (C=O) groups excluding carboxylic acids is 1. The molecule has 0 atom stereocenters. The molecular weight excluding hydrogens is 252 g/mol. The Labute approximate surface area is 116 Å². The van der Waals surface area contributed by atoms with Crippen molar-refractivity contribution in [3.63, 3.8) is 0 Å². The monoisotopic (exact) mass is 266 g/mol. The molecule has 5 nitrogen and oxygen atoms in total. The first kappa shape index (κ1) is 12.3. The molecule has 5 heteroatoms. The lowest BCUT2D eigenvalue weighted by Gasteiger charge is -2.11. The fourth-order valence-corrected chi connectivity index (χ4v) is 2.32. The maximum absolute atomic E-state index is 11.5. The Bertz CT molecular complexity index is 820. The molecule has 1 amide bonds. The number of aryl methyl sites for hydroxylation is 1. The summed E-state index contributed by atoms with van der Waals surface area (Å²) in [6, 6.07) is 9.56. The van der Waals surface area contributed by atoms with Crippen molar-refractivity contribution in [2.24, 2.45) is 5.73 Å². The van der Waals surface area contributed by atoms with Gasteiger partial charge in [0.25, 0.3) is 0 Å². The highest BCUT2D eigenvalue weighted by atomic mass is 16.1. The zero-order valence-corrected chi connectivity index (χ0v) is 11.3. The summed E-state index contributed by atoms with van der Waals surface area (Å²) in [5.74, 6) is 0.186. The van der Waals surface area contributed by atoms with Crippen LogP contribution in [0.2, 0.25) is 0 Å². The van der Waals surface area contributed by atoms with Crippen molar-refractivity contribution in [2.45, 2.75) is 13.8 Å². The Kier molecular flexibility index (Phi) is 2.75. The lowest BCUT2D eigenvalue weighted by Crippen LogP contribution is -2.16. The van der Waals surface area contributed by atoms with Crippen molar-refractivity contribution < 1.29 is 4.79 Å². The lowest BCUT2D eigenvalue weighted by molar-refractivity contribution is 0.0999. The van der Waals surface area contributed by atoms with Crippen LogP contribution in [0.4, 0.5) is 0 Å². The minimum atomic E-state index is -0.453. The number of carbonyl (C=O) groups is 1. The molecule has 20 heavy (non-hydrogen) atoms. The first-order chi connectivity index (χ1) is 9.58. The zero-order chi connectivity index (χ0) is 14.3. The SMILES string of the molecule is Cc1cc(C(N)=O)c(C)c(-n2ncc3ccccc32)n1. The second-order valence-electron chi connectivity index (χ2n) is 4.74. The van der Waals surface area contributed by atoms with Gasteiger partial charge in [0, 0.05) is 22.2 Å². The number of primary amides is 1. The van der Waals surface area contributed by atoms with Crippen LogP contribution in [0.1, 0.15) is 21.6 Å². The number of nitrogens with two attached hydrogens (primary N) is 1. The quantitative estimate of drug-likeness (QED) is 0.772. The van der Waals surface area contributed by atoms with Crippen molar-refractivity contribution in [1.29, 1.82) is 0 Å². The molecule has 2 N–H and O–H groups in total. The first-order valence-electron chi connectivity index (χ1n) is 6.29. The number of hydrogen-bond donors (Lipinski definition) is 1. The molecule has 0 radical (unpaired) electrons. The highest BCUT2D eigenvalue weighted by Gasteiger charge is 2.15. The topological polar surface area (TPSA) is 73.8 Å². The van der Waals surface area contributed by atoms with E-state index in [4.69, 9.17) is 5.73 Å². The van der Waals surface area contributed by atoms with E-state index in [1.165, 1.54) is 0 Å². The van der Waals surface area contributed by atoms with Crippen LogP contribution >= 0.6 is 0 Å². The molecule has 0 aliphatic heterocycles. The second kappa shape index (κ2) is 4.45. The fraction of sp³-hybridized carbons (Fsp3) is 0.133. The molecular formula is C15H14N4O. The summed E-state index contributed by atoms with van der Waals surface area (Å²) in [6.07, 6.45) is 1.78. The number of nitrogens with zero attached hydrogens (tertiary/aromatic N) is 3. The number of pyridine rings is 1. The van der Waals surface area contributed by atoms with Crippen LogP contribution in [0.3, 0.4) is 0 Å². The van der Waals surface area contributed by atoms with Gasteiger partial charge in [0.2, 0.25) is 5.91 Å². The average molecular weight is 266 g/mol. The predicted molar refractivity (Wildman–Crippen MR) is 76.9 cm³/mol. The van der Waals surface area contributed by atoms with E-state index >= 15 is 0 Å². The number of rotatable bonds is 2. The summed E-state index contributed by atoms with van der Waals surface area (Å²) >= 11 is 0. The van der Waals surface area contributed by atoms with Gasteiger partial charge in [-0.3, -0.25) is 4.79 Å². The molecule has 0 fully saturated rings. The molecule has 0 aliphatic carbocycles. The number of benzene rings is 1. The molecule has 100 valence electrons. The molecule has 1 aromatic carbocycles. The third-order valence-corrected chi connectivity index (χ3v) is 3.32. The Hall–Kier alpha value is -2.69. The zero-order valence-electron chi connectivity index (χ0n) is 11.3. The summed E-state index contributed by atoms with van der Waals surface area (Å²) in [7, 11) is 0. The van der Waals surface area contributed by atoms with Gasteiger partial charge in [0.15, 0.2) is 5.82 Å². The van der Waals surface area contributed by atoms with E-state index in [2.05, 4.69) is 10.1 Å². The smallest absolute Gasteiger partial charge is 0.249 e. The van der Waals surface area contributed by atoms with Crippen LogP contribution in [0, 0.1) is 13.8 Å². The molecule has 2 aromatic heterocycles. The molecule has 3 rings (SSSR count). The Morgan fingerprint density at radius 3 is 2.75 bits per heavy atom. The summed E-state index contributed by atoms with van der Waals surface area (Å²) in [5.41, 5.74) is 8.32. The maximum Gasteiger partial charge on any atom is 0.249 e. The van der Waals surface area contributed by atoms with Crippen LogP contribution in [0.5, 0.6) is 0 Å². The van der Waals surface area contributed by atoms with Crippen molar-refractivity contribution in [3.05, 3.63) is 53.3 Å². The van der Waals surface area contributed by atoms with Gasteiger partial charge < -0.3 is 5.73 Å². The third-order valence-electron chi connectivity index (χ3n) is 3.32. The van der Waals surface area contributed by atoms with Crippen LogP contribution in [0.15, 0.2) is 36.5 Å². The van der Waals surface area contributed by atoms with Gasteiger partial charge in [-0.15, -0.1) is 0 Å². The molecule has 0 bridgehead atoms. The number of fused-ring (bicyclic) bond motifs is 1. The third kappa shape index (κ3) is 1.84. The van der Waals surface area contributed by atoms with Crippen LogP contribution in [-0.2, 0) is 0 Å². The van der Waals surface area contributed by atoms with E-state index in [0.29, 0.717) is 11.4 Å². The van der Waals surface area contributed by atoms with E-state index in [-0.39, 0.29) is 0 Å². The van der Waals surface area contributed by atoms with Gasteiger partial charge in [-0.1, -0.05) is 18.2 Å².